The molecule has 0 radical (unpaired) electrons. The van der Waals surface area contributed by atoms with Gasteiger partial charge < -0.3 is 10.6 Å². The highest BCUT2D eigenvalue weighted by molar-refractivity contribution is 14.0. The van der Waals surface area contributed by atoms with Crippen LogP contribution < -0.4 is 5.73 Å². The van der Waals surface area contributed by atoms with Gasteiger partial charge in [0.1, 0.15) is 0 Å². The first-order valence-electron chi connectivity index (χ1n) is 6.22. The molecule has 0 heterocycles. The summed E-state index contributed by atoms with van der Waals surface area (Å²) in [6, 6.07) is 6.70. The minimum atomic E-state index is -3.14. The van der Waals surface area contributed by atoms with Gasteiger partial charge in [-0.15, -0.1) is 24.0 Å². The molecular formula is C13H22IN3O2S. The number of benzene rings is 1. The van der Waals surface area contributed by atoms with Crippen LogP contribution in [0.15, 0.2) is 34.2 Å². The molecule has 0 aliphatic rings. The molecule has 0 saturated carbocycles. The standard InChI is InChI=1S/C13H21N3O2S.HI/c1-4-16(5-2)13(14)15-10-11-6-8-12(9-7-11)19(3,17)18;/h6-9H,4-5,10H2,1-3H3,(H2,14,15);1H. The van der Waals surface area contributed by atoms with Crippen LogP contribution in [-0.4, -0.2) is 38.6 Å². The lowest BCUT2D eigenvalue weighted by atomic mass is 10.2. The van der Waals surface area contributed by atoms with Gasteiger partial charge in [-0.25, -0.2) is 13.4 Å². The van der Waals surface area contributed by atoms with Crippen LogP contribution in [0.3, 0.4) is 0 Å². The molecule has 7 heteroatoms. The lowest BCUT2D eigenvalue weighted by molar-refractivity contribution is 0.458. The van der Waals surface area contributed by atoms with Crippen molar-refractivity contribution in [2.24, 2.45) is 10.7 Å². The molecule has 114 valence electrons. The first-order valence-corrected chi connectivity index (χ1v) is 8.11. The van der Waals surface area contributed by atoms with Gasteiger partial charge in [-0.05, 0) is 31.5 Å². The lowest BCUT2D eigenvalue weighted by Gasteiger charge is -2.19. The average Bonchev–Trinajstić information content (AvgIpc) is 2.37. The van der Waals surface area contributed by atoms with Crippen molar-refractivity contribution in [3.63, 3.8) is 0 Å². The molecule has 0 aliphatic heterocycles. The summed E-state index contributed by atoms with van der Waals surface area (Å²) in [7, 11) is -3.14. The smallest absolute Gasteiger partial charge is 0.191 e. The Morgan fingerprint density at radius 1 is 1.20 bits per heavy atom. The Hall–Kier alpha value is -0.830. The van der Waals surface area contributed by atoms with E-state index in [9.17, 15) is 8.42 Å². The maximum Gasteiger partial charge on any atom is 0.191 e. The van der Waals surface area contributed by atoms with Gasteiger partial charge >= 0.3 is 0 Å². The van der Waals surface area contributed by atoms with Crippen LogP contribution in [0.5, 0.6) is 0 Å². The maximum absolute atomic E-state index is 11.3. The second-order valence-electron chi connectivity index (χ2n) is 4.26. The number of sulfone groups is 1. The van der Waals surface area contributed by atoms with Crippen LogP contribution in [-0.2, 0) is 16.4 Å². The molecule has 0 atom stereocenters. The summed E-state index contributed by atoms with van der Waals surface area (Å²) in [5.74, 6) is 0.511. The molecule has 0 bridgehead atoms. The number of hydrogen-bond acceptors (Lipinski definition) is 3. The second-order valence-corrected chi connectivity index (χ2v) is 6.28. The van der Waals surface area contributed by atoms with E-state index < -0.39 is 9.84 Å². The van der Waals surface area contributed by atoms with Crippen molar-refractivity contribution >= 4 is 39.8 Å². The van der Waals surface area contributed by atoms with Crippen molar-refractivity contribution in [2.75, 3.05) is 19.3 Å². The summed E-state index contributed by atoms with van der Waals surface area (Å²) >= 11 is 0. The fourth-order valence-electron chi connectivity index (χ4n) is 1.66. The highest BCUT2D eigenvalue weighted by Gasteiger charge is 2.06. The first kappa shape index (κ1) is 19.2. The monoisotopic (exact) mass is 411 g/mol. The summed E-state index contributed by atoms with van der Waals surface area (Å²) in [6.07, 6.45) is 1.19. The third-order valence-corrected chi connectivity index (χ3v) is 3.99. The minimum Gasteiger partial charge on any atom is -0.370 e. The van der Waals surface area contributed by atoms with E-state index in [4.69, 9.17) is 5.73 Å². The highest BCUT2D eigenvalue weighted by atomic mass is 127. The number of rotatable bonds is 5. The molecule has 20 heavy (non-hydrogen) atoms. The van der Waals surface area contributed by atoms with E-state index in [0.29, 0.717) is 17.4 Å². The molecule has 0 aliphatic carbocycles. The molecule has 0 unspecified atom stereocenters. The van der Waals surface area contributed by atoms with E-state index >= 15 is 0 Å². The minimum absolute atomic E-state index is 0. The van der Waals surface area contributed by atoms with Gasteiger partial charge in [0.2, 0.25) is 0 Å². The SMILES string of the molecule is CCN(CC)C(N)=NCc1ccc(S(C)(=O)=O)cc1.I. The Morgan fingerprint density at radius 2 is 1.70 bits per heavy atom. The fraction of sp³-hybridized carbons (Fsp3) is 0.462. The van der Waals surface area contributed by atoms with E-state index in [2.05, 4.69) is 4.99 Å². The molecular weight excluding hydrogens is 389 g/mol. The van der Waals surface area contributed by atoms with E-state index in [-0.39, 0.29) is 24.0 Å². The second kappa shape index (κ2) is 8.46. The summed E-state index contributed by atoms with van der Waals surface area (Å²) in [4.78, 5) is 6.58. The summed E-state index contributed by atoms with van der Waals surface area (Å²) in [5.41, 5.74) is 6.80. The van der Waals surface area contributed by atoms with E-state index in [1.54, 1.807) is 24.3 Å². The Kier molecular flexibility index (Phi) is 8.10. The number of hydrogen-bond donors (Lipinski definition) is 1. The molecule has 0 fully saturated rings. The third-order valence-electron chi connectivity index (χ3n) is 2.86. The summed E-state index contributed by atoms with van der Waals surface area (Å²) in [5, 5.41) is 0. The Bertz CT molecular complexity index is 537. The number of halogens is 1. The van der Waals surface area contributed by atoms with Crippen LogP contribution in [0.2, 0.25) is 0 Å². The molecule has 1 rings (SSSR count). The Morgan fingerprint density at radius 3 is 2.10 bits per heavy atom. The van der Waals surface area contributed by atoms with Crippen LogP contribution in [0.25, 0.3) is 0 Å². The van der Waals surface area contributed by atoms with E-state index in [0.717, 1.165) is 18.7 Å². The van der Waals surface area contributed by atoms with Gasteiger partial charge in [0, 0.05) is 19.3 Å². The van der Waals surface area contributed by atoms with Crippen LogP contribution >= 0.6 is 24.0 Å². The third kappa shape index (κ3) is 5.66. The molecule has 0 aromatic heterocycles. The summed E-state index contributed by atoms with van der Waals surface area (Å²) in [6.45, 7) is 6.13. The largest absolute Gasteiger partial charge is 0.370 e. The Labute approximate surface area is 138 Å². The van der Waals surface area contributed by atoms with Crippen molar-refractivity contribution in [2.45, 2.75) is 25.3 Å². The summed E-state index contributed by atoms with van der Waals surface area (Å²) < 4.78 is 22.6. The average molecular weight is 411 g/mol. The molecule has 2 N–H and O–H groups in total. The van der Waals surface area contributed by atoms with E-state index in [1.807, 2.05) is 18.7 Å². The van der Waals surface area contributed by atoms with Crippen LogP contribution in [0.4, 0.5) is 0 Å². The van der Waals surface area contributed by atoms with Gasteiger partial charge in [0.05, 0.1) is 11.4 Å². The molecule has 0 amide bonds. The highest BCUT2D eigenvalue weighted by Crippen LogP contribution is 2.11. The number of nitrogens with zero attached hydrogens (tertiary/aromatic N) is 2. The van der Waals surface area contributed by atoms with Gasteiger partial charge in [-0.3, -0.25) is 0 Å². The van der Waals surface area contributed by atoms with Crippen LogP contribution in [0, 0.1) is 0 Å². The number of guanidine groups is 1. The predicted molar refractivity (Wildman–Crippen MR) is 93.2 cm³/mol. The van der Waals surface area contributed by atoms with Gasteiger partial charge in [-0.1, -0.05) is 12.1 Å². The molecule has 1 aromatic rings. The molecule has 5 nitrogen and oxygen atoms in total. The van der Waals surface area contributed by atoms with Crippen molar-refractivity contribution < 1.29 is 8.42 Å². The zero-order valence-electron chi connectivity index (χ0n) is 12.0. The van der Waals surface area contributed by atoms with Crippen molar-refractivity contribution in [3.8, 4) is 0 Å². The predicted octanol–water partition coefficient (Wildman–Crippen LogP) is 1.86. The topological polar surface area (TPSA) is 75.8 Å². The van der Waals surface area contributed by atoms with Crippen LogP contribution in [0.1, 0.15) is 19.4 Å². The number of aliphatic imine (C=N–C) groups is 1. The van der Waals surface area contributed by atoms with Crippen molar-refractivity contribution in [1.29, 1.82) is 0 Å². The zero-order valence-corrected chi connectivity index (χ0v) is 15.2. The Balaban J connectivity index is 0.00000361. The maximum atomic E-state index is 11.3. The molecule has 0 saturated heterocycles. The lowest BCUT2D eigenvalue weighted by Crippen LogP contribution is -2.37. The van der Waals surface area contributed by atoms with Crippen molar-refractivity contribution in [3.05, 3.63) is 29.8 Å². The quantitative estimate of drug-likeness (QED) is 0.456. The normalized spacial score (nSPS) is 11.8. The number of nitrogens with two attached hydrogens (primary N) is 1. The van der Waals surface area contributed by atoms with Gasteiger partial charge in [0.15, 0.2) is 15.8 Å². The molecule has 1 aromatic carbocycles. The van der Waals surface area contributed by atoms with Crippen molar-refractivity contribution in [1.82, 2.24) is 4.90 Å². The van der Waals surface area contributed by atoms with E-state index in [1.165, 1.54) is 6.26 Å². The zero-order chi connectivity index (χ0) is 14.5. The first-order chi connectivity index (χ1) is 8.88. The van der Waals surface area contributed by atoms with Gasteiger partial charge in [0.25, 0.3) is 0 Å². The fourth-order valence-corrected chi connectivity index (χ4v) is 2.29. The van der Waals surface area contributed by atoms with Gasteiger partial charge in [-0.2, -0.15) is 0 Å². The molecule has 0 spiro atoms.